The Kier molecular flexibility index (Phi) is 5.28. The van der Waals surface area contributed by atoms with E-state index >= 15 is 0 Å². The molecule has 0 saturated heterocycles. The maximum atomic E-state index is 13.3. The molecule has 6 heteroatoms. The molecule has 0 aliphatic rings. The maximum absolute atomic E-state index is 13.3. The lowest BCUT2D eigenvalue weighted by molar-refractivity contribution is -0.158. The van der Waals surface area contributed by atoms with Gasteiger partial charge in [-0.2, -0.15) is 0 Å². The second-order valence-electron chi connectivity index (χ2n) is 4.68. The van der Waals surface area contributed by atoms with Crippen LogP contribution in [0.15, 0.2) is 22.7 Å². The van der Waals surface area contributed by atoms with Crippen LogP contribution in [-0.2, 0) is 15.1 Å². The average molecular weight is 346 g/mol. The fourth-order valence-corrected chi connectivity index (χ4v) is 2.49. The molecule has 0 aliphatic carbocycles. The van der Waals surface area contributed by atoms with E-state index in [-0.39, 0.29) is 10.4 Å². The first-order valence-electron chi connectivity index (χ1n) is 6.22. The first kappa shape index (κ1) is 16.6. The predicted octanol–water partition coefficient (Wildman–Crippen LogP) is 3.15. The molecule has 1 aromatic carbocycles. The van der Waals surface area contributed by atoms with Gasteiger partial charge < -0.3 is 10.0 Å². The van der Waals surface area contributed by atoms with Gasteiger partial charge in [0.25, 0.3) is 0 Å². The van der Waals surface area contributed by atoms with Crippen molar-refractivity contribution in [3.8, 4) is 0 Å². The van der Waals surface area contributed by atoms with Gasteiger partial charge in [-0.05, 0) is 47.0 Å². The van der Waals surface area contributed by atoms with Gasteiger partial charge in [-0.3, -0.25) is 4.79 Å². The Morgan fingerprint density at radius 2 is 2.05 bits per heavy atom. The molecule has 4 nitrogen and oxygen atoms in total. The van der Waals surface area contributed by atoms with Crippen molar-refractivity contribution in [2.24, 2.45) is 0 Å². The summed E-state index contributed by atoms with van der Waals surface area (Å²) in [7, 11) is 0. The van der Waals surface area contributed by atoms with Gasteiger partial charge in [0.15, 0.2) is 5.54 Å². The Morgan fingerprint density at radius 1 is 1.45 bits per heavy atom. The highest BCUT2D eigenvalue weighted by Gasteiger charge is 2.42. The Labute approximate surface area is 125 Å². The largest absolute Gasteiger partial charge is 0.479 e. The van der Waals surface area contributed by atoms with E-state index in [1.807, 2.05) is 6.92 Å². The summed E-state index contributed by atoms with van der Waals surface area (Å²) in [6.45, 7) is 4.95. The molecular weight excluding hydrogens is 329 g/mol. The third kappa shape index (κ3) is 3.00. The zero-order valence-electron chi connectivity index (χ0n) is 11.6. The number of carbonyl (C=O) groups is 2. The van der Waals surface area contributed by atoms with Crippen molar-refractivity contribution in [3.63, 3.8) is 0 Å². The number of carbonyl (C=O) groups excluding carboxylic acids is 1. The lowest BCUT2D eigenvalue weighted by atomic mass is 9.89. The van der Waals surface area contributed by atoms with Gasteiger partial charge in [0, 0.05) is 13.5 Å². The summed E-state index contributed by atoms with van der Waals surface area (Å²) in [5.41, 5.74) is -1.18. The lowest BCUT2D eigenvalue weighted by Gasteiger charge is -2.37. The first-order valence-corrected chi connectivity index (χ1v) is 7.01. The van der Waals surface area contributed by atoms with E-state index in [9.17, 15) is 19.1 Å². The van der Waals surface area contributed by atoms with Crippen LogP contribution >= 0.6 is 15.9 Å². The number of hydrogen-bond donors (Lipinski definition) is 1. The smallest absolute Gasteiger partial charge is 0.334 e. The predicted molar refractivity (Wildman–Crippen MR) is 76.8 cm³/mol. The number of amides is 1. The van der Waals surface area contributed by atoms with Gasteiger partial charge >= 0.3 is 5.97 Å². The van der Waals surface area contributed by atoms with E-state index < -0.39 is 17.3 Å². The summed E-state index contributed by atoms with van der Waals surface area (Å²) < 4.78 is 13.5. The van der Waals surface area contributed by atoms with Crippen molar-refractivity contribution in [1.29, 1.82) is 0 Å². The van der Waals surface area contributed by atoms with E-state index in [0.717, 1.165) is 0 Å². The summed E-state index contributed by atoms with van der Waals surface area (Å²) in [6.07, 6.45) is 0.630. The van der Waals surface area contributed by atoms with Gasteiger partial charge in [0.1, 0.15) is 5.82 Å². The van der Waals surface area contributed by atoms with Gasteiger partial charge in [0.05, 0.1) is 4.47 Å². The summed E-state index contributed by atoms with van der Waals surface area (Å²) >= 11 is 3.04. The zero-order valence-corrected chi connectivity index (χ0v) is 13.2. The first-order chi connectivity index (χ1) is 9.25. The number of hydrogen-bond acceptors (Lipinski definition) is 2. The monoisotopic (exact) mass is 345 g/mol. The Balaban J connectivity index is 3.43. The fourth-order valence-electron chi connectivity index (χ4n) is 2.11. The Morgan fingerprint density at radius 3 is 2.45 bits per heavy atom. The summed E-state index contributed by atoms with van der Waals surface area (Å²) in [5.74, 6) is -1.97. The second kappa shape index (κ2) is 6.35. The number of rotatable bonds is 5. The molecule has 0 spiro atoms. The molecule has 20 heavy (non-hydrogen) atoms. The highest BCUT2D eigenvalue weighted by molar-refractivity contribution is 9.10. The Bertz CT molecular complexity index is 535. The normalized spacial score (nSPS) is 13.7. The number of halogens is 2. The molecule has 1 aromatic rings. The lowest BCUT2D eigenvalue weighted by Crippen LogP contribution is -2.52. The molecule has 110 valence electrons. The van der Waals surface area contributed by atoms with Gasteiger partial charge in [0.2, 0.25) is 5.91 Å². The molecule has 1 amide bonds. The van der Waals surface area contributed by atoms with Crippen molar-refractivity contribution in [2.45, 2.75) is 32.7 Å². The molecule has 0 bridgehead atoms. The molecule has 0 heterocycles. The minimum absolute atomic E-state index is 0.169. The number of benzene rings is 1. The van der Waals surface area contributed by atoms with Crippen LogP contribution in [0.5, 0.6) is 0 Å². The molecule has 0 aliphatic heterocycles. The van der Waals surface area contributed by atoms with E-state index in [4.69, 9.17) is 0 Å². The summed E-state index contributed by atoms with van der Waals surface area (Å²) in [4.78, 5) is 24.8. The van der Waals surface area contributed by atoms with Crippen molar-refractivity contribution >= 4 is 27.8 Å². The van der Waals surface area contributed by atoms with Crippen LogP contribution in [0.1, 0.15) is 32.8 Å². The molecule has 1 atom stereocenters. The number of carboxylic acids is 1. The summed E-state index contributed by atoms with van der Waals surface area (Å²) in [6, 6.07) is 3.97. The van der Waals surface area contributed by atoms with E-state index in [0.29, 0.717) is 18.5 Å². The molecule has 1 unspecified atom stereocenters. The van der Waals surface area contributed by atoms with Crippen LogP contribution < -0.4 is 0 Å². The van der Waals surface area contributed by atoms with Crippen molar-refractivity contribution in [3.05, 3.63) is 34.1 Å². The van der Waals surface area contributed by atoms with Crippen LogP contribution in [0.4, 0.5) is 4.39 Å². The van der Waals surface area contributed by atoms with Gasteiger partial charge in [-0.15, -0.1) is 0 Å². The highest BCUT2D eigenvalue weighted by Crippen LogP contribution is 2.32. The average Bonchev–Trinajstić information content (AvgIpc) is 2.37. The number of aliphatic carboxylic acids is 1. The third-order valence-corrected chi connectivity index (χ3v) is 3.87. The molecule has 0 aromatic heterocycles. The Hall–Kier alpha value is -1.43. The van der Waals surface area contributed by atoms with Crippen LogP contribution in [0.2, 0.25) is 0 Å². The molecule has 0 saturated carbocycles. The number of nitrogens with zero attached hydrogens (tertiary/aromatic N) is 1. The second-order valence-corrected chi connectivity index (χ2v) is 5.53. The number of carboxylic acid groups (broad SMARTS) is 1. The third-order valence-electron chi connectivity index (χ3n) is 3.27. The quantitative estimate of drug-likeness (QED) is 0.891. The highest BCUT2D eigenvalue weighted by atomic mass is 79.9. The van der Waals surface area contributed by atoms with E-state index in [1.165, 1.54) is 36.9 Å². The topological polar surface area (TPSA) is 57.6 Å². The minimum Gasteiger partial charge on any atom is -0.479 e. The van der Waals surface area contributed by atoms with Crippen molar-refractivity contribution in [2.75, 3.05) is 6.54 Å². The van der Waals surface area contributed by atoms with Gasteiger partial charge in [-0.25, -0.2) is 9.18 Å². The van der Waals surface area contributed by atoms with Crippen LogP contribution in [0, 0.1) is 5.82 Å². The van der Waals surface area contributed by atoms with Gasteiger partial charge in [-0.1, -0.05) is 13.0 Å². The standard InChI is InChI=1S/C14H17BrFNO3/c1-4-7-17(9(2)18)14(3,13(19)20)10-5-6-12(16)11(15)8-10/h5-6,8H,4,7H2,1-3H3,(H,19,20). The van der Waals surface area contributed by atoms with Crippen LogP contribution in [-0.4, -0.2) is 28.4 Å². The zero-order chi connectivity index (χ0) is 15.5. The van der Waals surface area contributed by atoms with E-state index in [2.05, 4.69) is 15.9 Å². The fraction of sp³-hybridized carbons (Fsp3) is 0.429. The maximum Gasteiger partial charge on any atom is 0.334 e. The molecule has 1 N–H and O–H groups in total. The molecular formula is C14H17BrFNO3. The molecule has 0 radical (unpaired) electrons. The van der Waals surface area contributed by atoms with Crippen LogP contribution in [0.3, 0.4) is 0 Å². The van der Waals surface area contributed by atoms with Crippen LogP contribution in [0.25, 0.3) is 0 Å². The molecule has 1 rings (SSSR count). The van der Waals surface area contributed by atoms with Crippen molar-refractivity contribution in [1.82, 2.24) is 4.90 Å². The van der Waals surface area contributed by atoms with Crippen molar-refractivity contribution < 1.29 is 19.1 Å². The summed E-state index contributed by atoms with van der Waals surface area (Å²) in [5, 5.41) is 9.59. The SMILES string of the molecule is CCCN(C(C)=O)C(C)(C(=O)O)c1ccc(F)c(Br)c1. The molecule has 0 fully saturated rings. The minimum atomic E-state index is -1.53. The van der Waals surface area contributed by atoms with E-state index in [1.54, 1.807) is 0 Å².